The van der Waals surface area contributed by atoms with Gasteiger partial charge in [-0.25, -0.2) is 0 Å². The lowest BCUT2D eigenvalue weighted by Crippen LogP contribution is -2.00. The molecule has 0 rings (SSSR count). The zero-order valence-corrected chi connectivity index (χ0v) is 8.25. The van der Waals surface area contributed by atoms with E-state index in [1.54, 1.807) is 0 Å². The van der Waals surface area contributed by atoms with Crippen LogP contribution in [0, 0.1) is 11.8 Å². The van der Waals surface area contributed by atoms with E-state index in [0.717, 1.165) is 6.42 Å². The topological polar surface area (TPSA) is 40.5 Å². The van der Waals surface area contributed by atoms with Gasteiger partial charge in [0.2, 0.25) is 0 Å². The second kappa shape index (κ2) is 6.06. The third kappa shape index (κ3) is 6.23. The van der Waals surface area contributed by atoms with Crippen LogP contribution in [0.4, 0.5) is 0 Å². The first-order valence-electron chi connectivity index (χ1n) is 4.56. The zero-order chi connectivity index (χ0) is 9.56. The lowest BCUT2D eigenvalue weighted by Gasteiger charge is -2.09. The van der Waals surface area contributed by atoms with Crippen molar-refractivity contribution in [2.24, 2.45) is 11.8 Å². The second-order valence-corrected chi connectivity index (χ2v) is 3.72. The van der Waals surface area contributed by atoms with E-state index in [4.69, 9.17) is 5.11 Å². The first-order valence-corrected chi connectivity index (χ1v) is 4.56. The van der Waals surface area contributed by atoms with E-state index < -0.39 is 0 Å². The van der Waals surface area contributed by atoms with Gasteiger partial charge in [-0.2, -0.15) is 0 Å². The molecule has 0 aliphatic rings. The molecule has 0 aliphatic carbocycles. The van der Waals surface area contributed by atoms with Gasteiger partial charge in [0.1, 0.15) is 0 Å². The summed E-state index contributed by atoms with van der Waals surface area (Å²) in [6.07, 6.45) is 3.29. The Morgan fingerprint density at radius 2 is 1.92 bits per heavy atom. The monoisotopic (exact) mass is 172 g/mol. The number of hydrogen-bond acceptors (Lipinski definition) is 2. The largest absolute Gasteiger partial charge is 0.513 e. The molecule has 0 spiro atoms. The molecule has 2 heteroatoms. The fourth-order valence-electron chi connectivity index (χ4n) is 1.13. The van der Waals surface area contributed by atoms with Crippen molar-refractivity contribution in [2.45, 2.75) is 33.6 Å². The summed E-state index contributed by atoms with van der Waals surface area (Å²) in [5.41, 5.74) is 0. The van der Waals surface area contributed by atoms with Crippen LogP contribution in [0.1, 0.15) is 33.6 Å². The van der Waals surface area contributed by atoms with Crippen LogP contribution >= 0.6 is 0 Å². The van der Waals surface area contributed by atoms with Crippen LogP contribution in [-0.4, -0.2) is 16.8 Å². The van der Waals surface area contributed by atoms with Crippen molar-refractivity contribution in [3.8, 4) is 0 Å². The molecule has 0 aliphatic heterocycles. The minimum absolute atomic E-state index is 0.204. The number of aliphatic hydroxyl groups excluding tert-OH is 2. The quantitative estimate of drug-likeness (QED) is 0.625. The SMILES string of the molecule is CC(C)C=C(O)CC(C)CCO. The van der Waals surface area contributed by atoms with E-state index >= 15 is 0 Å². The summed E-state index contributed by atoms with van der Waals surface area (Å²) >= 11 is 0. The molecular formula is C10H20O2. The molecule has 0 fully saturated rings. The molecule has 0 saturated carbocycles. The number of aliphatic hydroxyl groups is 2. The first-order chi connectivity index (χ1) is 5.56. The number of rotatable bonds is 5. The first kappa shape index (κ1) is 11.5. The minimum atomic E-state index is 0.204. The fraction of sp³-hybridized carbons (Fsp3) is 0.800. The summed E-state index contributed by atoms with van der Waals surface area (Å²) in [7, 11) is 0. The smallest absolute Gasteiger partial charge is 0.0888 e. The summed E-state index contributed by atoms with van der Waals surface area (Å²) in [5, 5.41) is 18.0. The van der Waals surface area contributed by atoms with Crippen molar-refractivity contribution in [1.29, 1.82) is 0 Å². The van der Waals surface area contributed by atoms with E-state index in [0.29, 0.717) is 24.0 Å². The average molecular weight is 172 g/mol. The van der Waals surface area contributed by atoms with Gasteiger partial charge in [-0.3, -0.25) is 0 Å². The molecular weight excluding hydrogens is 152 g/mol. The molecule has 1 atom stereocenters. The molecule has 2 nitrogen and oxygen atoms in total. The Labute approximate surface area is 74.9 Å². The summed E-state index contributed by atoms with van der Waals surface area (Å²) in [6.45, 7) is 6.30. The highest BCUT2D eigenvalue weighted by Gasteiger charge is 2.04. The minimum Gasteiger partial charge on any atom is -0.513 e. The average Bonchev–Trinajstić information content (AvgIpc) is 1.84. The Hall–Kier alpha value is -0.500. The van der Waals surface area contributed by atoms with Crippen LogP contribution in [0.3, 0.4) is 0 Å². The Bertz CT molecular complexity index is 139. The van der Waals surface area contributed by atoms with E-state index in [2.05, 4.69) is 0 Å². The Kier molecular flexibility index (Phi) is 5.81. The molecule has 1 unspecified atom stereocenters. The predicted molar refractivity (Wildman–Crippen MR) is 51.0 cm³/mol. The predicted octanol–water partition coefficient (Wildman–Crippen LogP) is 2.49. The van der Waals surface area contributed by atoms with E-state index in [1.807, 2.05) is 26.8 Å². The molecule has 0 saturated heterocycles. The van der Waals surface area contributed by atoms with Crippen molar-refractivity contribution in [3.05, 3.63) is 11.8 Å². The van der Waals surface area contributed by atoms with E-state index in [1.165, 1.54) is 0 Å². The molecule has 0 radical (unpaired) electrons. The number of allylic oxidation sites excluding steroid dienone is 2. The highest BCUT2D eigenvalue weighted by atomic mass is 16.3. The summed E-state index contributed by atoms with van der Waals surface area (Å²) in [5.74, 6) is 1.21. The van der Waals surface area contributed by atoms with Crippen LogP contribution in [0.2, 0.25) is 0 Å². The number of hydrogen-bond donors (Lipinski definition) is 2. The summed E-state index contributed by atoms with van der Waals surface area (Å²) in [6, 6.07) is 0. The fourth-order valence-corrected chi connectivity index (χ4v) is 1.13. The van der Waals surface area contributed by atoms with Crippen LogP contribution in [0.15, 0.2) is 11.8 Å². The van der Waals surface area contributed by atoms with Crippen molar-refractivity contribution in [2.75, 3.05) is 6.61 Å². The second-order valence-electron chi connectivity index (χ2n) is 3.72. The van der Waals surface area contributed by atoms with Crippen LogP contribution in [-0.2, 0) is 0 Å². The van der Waals surface area contributed by atoms with Gasteiger partial charge in [0.05, 0.1) is 5.76 Å². The molecule has 0 aromatic heterocycles. The van der Waals surface area contributed by atoms with Gasteiger partial charge in [0.25, 0.3) is 0 Å². The van der Waals surface area contributed by atoms with Gasteiger partial charge in [-0.15, -0.1) is 0 Å². The molecule has 12 heavy (non-hydrogen) atoms. The highest BCUT2D eigenvalue weighted by molar-refractivity contribution is 4.93. The van der Waals surface area contributed by atoms with Crippen LogP contribution in [0.25, 0.3) is 0 Å². The van der Waals surface area contributed by atoms with Gasteiger partial charge in [-0.05, 0) is 24.3 Å². The van der Waals surface area contributed by atoms with Crippen LogP contribution in [0.5, 0.6) is 0 Å². The van der Waals surface area contributed by atoms with Crippen molar-refractivity contribution >= 4 is 0 Å². The normalized spacial score (nSPS) is 15.2. The van der Waals surface area contributed by atoms with Crippen molar-refractivity contribution < 1.29 is 10.2 Å². The van der Waals surface area contributed by atoms with E-state index in [-0.39, 0.29) is 6.61 Å². The zero-order valence-electron chi connectivity index (χ0n) is 8.25. The van der Waals surface area contributed by atoms with Gasteiger partial charge >= 0.3 is 0 Å². The Morgan fingerprint density at radius 1 is 1.33 bits per heavy atom. The Morgan fingerprint density at radius 3 is 2.33 bits per heavy atom. The molecule has 0 heterocycles. The van der Waals surface area contributed by atoms with E-state index in [9.17, 15) is 5.11 Å². The molecule has 72 valence electrons. The van der Waals surface area contributed by atoms with Crippen molar-refractivity contribution in [1.82, 2.24) is 0 Å². The third-order valence-electron chi connectivity index (χ3n) is 1.71. The lowest BCUT2D eigenvalue weighted by molar-refractivity contribution is 0.251. The lowest BCUT2D eigenvalue weighted by atomic mass is 10.0. The maximum absolute atomic E-state index is 9.40. The summed E-state index contributed by atoms with van der Waals surface area (Å²) in [4.78, 5) is 0. The summed E-state index contributed by atoms with van der Waals surface area (Å²) < 4.78 is 0. The van der Waals surface area contributed by atoms with Gasteiger partial charge in [0.15, 0.2) is 0 Å². The van der Waals surface area contributed by atoms with Gasteiger partial charge < -0.3 is 10.2 Å². The molecule has 2 N–H and O–H groups in total. The molecule has 0 amide bonds. The highest BCUT2D eigenvalue weighted by Crippen LogP contribution is 2.13. The van der Waals surface area contributed by atoms with Gasteiger partial charge in [-0.1, -0.05) is 20.8 Å². The van der Waals surface area contributed by atoms with Crippen LogP contribution < -0.4 is 0 Å². The molecule has 0 aromatic carbocycles. The molecule has 0 bridgehead atoms. The van der Waals surface area contributed by atoms with Gasteiger partial charge in [0, 0.05) is 13.0 Å². The maximum Gasteiger partial charge on any atom is 0.0888 e. The Balaban J connectivity index is 3.74. The van der Waals surface area contributed by atoms with Crippen molar-refractivity contribution in [3.63, 3.8) is 0 Å². The standard InChI is InChI=1S/C10H20O2/c1-8(2)6-10(12)7-9(3)4-5-11/h6,8-9,11-12H,4-5,7H2,1-3H3. The maximum atomic E-state index is 9.40. The molecule has 0 aromatic rings. The third-order valence-corrected chi connectivity index (χ3v) is 1.71.